The number of piperidine rings is 1. The summed E-state index contributed by atoms with van der Waals surface area (Å²) in [5.41, 5.74) is 2.12. The van der Waals surface area contributed by atoms with Gasteiger partial charge in [0, 0.05) is 17.0 Å². The predicted octanol–water partition coefficient (Wildman–Crippen LogP) is 3.94. The van der Waals surface area contributed by atoms with E-state index in [1.807, 2.05) is 30.3 Å². The van der Waals surface area contributed by atoms with Crippen molar-refractivity contribution in [1.82, 2.24) is 19.9 Å². The lowest BCUT2D eigenvalue weighted by molar-refractivity contribution is -0.135. The van der Waals surface area contributed by atoms with Crippen molar-refractivity contribution >= 4 is 56.5 Å². The standard InChI is InChI=1S/C28H26N6O4S/c1-15-29-23-18(27(38)34(15)20-13-14-22(35)32-26(20)37)10-5-11-19(23)31-25(36)17-9-6-12-21-24(17)33-28(39-21)30-16-7-3-2-4-8-16/h2-5,7-8,10-11,17,20H,6,9,12-14H2,1H3,(H,30,33)(H,31,36)(H,32,35,37). The maximum absolute atomic E-state index is 13.5. The minimum atomic E-state index is -0.811. The Labute approximate surface area is 227 Å². The SMILES string of the molecule is Cc1nc2c(NC(=O)C3CCCc4sc(Nc5ccccc5)nc43)cccc2c(=O)n1C1CCC(=O)NC1=O. The van der Waals surface area contributed by atoms with E-state index in [2.05, 4.69) is 20.9 Å². The summed E-state index contributed by atoms with van der Waals surface area (Å²) in [6.45, 7) is 1.65. The molecule has 3 N–H and O–H groups in total. The molecule has 1 aliphatic heterocycles. The van der Waals surface area contributed by atoms with E-state index in [1.54, 1.807) is 36.5 Å². The number of rotatable bonds is 5. The largest absolute Gasteiger partial charge is 0.332 e. The number of aromatic nitrogens is 3. The van der Waals surface area contributed by atoms with E-state index >= 15 is 0 Å². The fourth-order valence-electron chi connectivity index (χ4n) is 5.32. The summed E-state index contributed by atoms with van der Waals surface area (Å²) in [6.07, 6.45) is 2.81. The smallest absolute Gasteiger partial charge is 0.262 e. The maximum atomic E-state index is 13.5. The van der Waals surface area contributed by atoms with Crippen LogP contribution in [0.4, 0.5) is 16.5 Å². The molecule has 2 unspecified atom stereocenters. The lowest BCUT2D eigenvalue weighted by Gasteiger charge is -2.25. The molecule has 4 aromatic rings. The number of carbonyl (C=O) groups excluding carboxylic acids is 3. The number of para-hydroxylation sites is 2. The highest BCUT2D eigenvalue weighted by molar-refractivity contribution is 7.15. The van der Waals surface area contributed by atoms with E-state index in [-0.39, 0.29) is 35.6 Å². The molecule has 0 bridgehead atoms. The van der Waals surface area contributed by atoms with Crippen LogP contribution >= 0.6 is 11.3 Å². The number of amides is 3. The zero-order valence-corrected chi connectivity index (χ0v) is 22.0. The van der Waals surface area contributed by atoms with Crippen LogP contribution in [-0.2, 0) is 20.8 Å². The topological polar surface area (TPSA) is 135 Å². The molecule has 6 rings (SSSR count). The third-order valence-electron chi connectivity index (χ3n) is 7.18. The molecule has 11 heteroatoms. The molecule has 1 fully saturated rings. The van der Waals surface area contributed by atoms with Crippen molar-refractivity contribution < 1.29 is 14.4 Å². The average molecular weight is 543 g/mol. The Balaban J connectivity index is 1.29. The van der Waals surface area contributed by atoms with E-state index in [9.17, 15) is 19.2 Å². The summed E-state index contributed by atoms with van der Waals surface area (Å²) >= 11 is 1.57. The van der Waals surface area contributed by atoms with Crippen LogP contribution in [-0.4, -0.2) is 32.3 Å². The number of anilines is 3. The monoisotopic (exact) mass is 542 g/mol. The highest BCUT2D eigenvalue weighted by atomic mass is 32.1. The summed E-state index contributed by atoms with van der Waals surface area (Å²) < 4.78 is 1.33. The Morgan fingerprint density at radius 2 is 1.85 bits per heavy atom. The van der Waals surface area contributed by atoms with E-state index in [1.165, 1.54) is 4.57 Å². The van der Waals surface area contributed by atoms with Gasteiger partial charge in [-0.2, -0.15) is 0 Å². The zero-order valence-electron chi connectivity index (χ0n) is 21.2. The fourth-order valence-corrected chi connectivity index (χ4v) is 6.40. The Bertz CT molecular complexity index is 1680. The molecule has 39 heavy (non-hydrogen) atoms. The Morgan fingerprint density at radius 3 is 2.64 bits per heavy atom. The summed E-state index contributed by atoms with van der Waals surface area (Å²) in [6, 6.07) is 14.0. The van der Waals surface area contributed by atoms with E-state index < -0.39 is 17.9 Å². The van der Waals surface area contributed by atoms with Crippen molar-refractivity contribution in [2.24, 2.45) is 0 Å². The molecule has 0 spiro atoms. The van der Waals surface area contributed by atoms with Crippen molar-refractivity contribution in [1.29, 1.82) is 0 Å². The normalized spacial score (nSPS) is 18.9. The molecule has 1 saturated heterocycles. The zero-order chi connectivity index (χ0) is 27.1. The Kier molecular flexibility index (Phi) is 6.43. The molecule has 1 aliphatic carbocycles. The number of fused-ring (bicyclic) bond motifs is 2. The Hall–Kier alpha value is -4.38. The van der Waals surface area contributed by atoms with Gasteiger partial charge in [0.25, 0.3) is 5.56 Å². The van der Waals surface area contributed by atoms with Crippen LogP contribution in [0.5, 0.6) is 0 Å². The second kappa shape index (κ2) is 10.1. The van der Waals surface area contributed by atoms with Crippen LogP contribution < -0.4 is 21.5 Å². The maximum Gasteiger partial charge on any atom is 0.262 e. The number of benzene rings is 2. The molecule has 3 heterocycles. The first-order chi connectivity index (χ1) is 18.9. The molecule has 0 saturated carbocycles. The van der Waals surface area contributed by atoms with Gasteiger partial charge in [-0.25, -0.2) is 9.97 Å². The quantitative estimate of drug-likeness (QED) is 0.325. The molecule has 2 aliphatic rings. The number of thiazole rings is 1. The van der Waals surface area contributed by atoms with Gasteiger partial charge in [-0.15, -0.1) is 11.3 Å². The van der Waals surface area contributed by atoms with Crippen LogP contribution in [0.15, 0.2) is 53.3 Å². The van der Waals surface area contributed by atoms with Crippen molar-refractivity contribution in [2.45, 2.75) is 51.0 Å². The number of hydrogen-bond acceptors (Lipinski definition) is 8. The second-order valence-corrected chi connectivity index (χ2v) is 10.8. The Morgan fingerprint density at radius 1 is 1.03 bits per heavy atom. The minimum Gasteiger partial charge on any atom is -0.332 e. The van der Waals surface area contributed by atoms with Crippen LogP contribution in [0.2, 0.25) is 0 Å². The number of aryl methyl sites for hydroxylation is 2. The molecule has 10 nitrogen and oxygen atoms in total. The third-order valence-corrected chi connectivity index (χ3v) is 8.23. The van der Waals surface area contributed by atoms with Gasteiger partial charge in [-0.05, 0) is 56.9 Å². The minimum absolute atomic E-state index is 0.152. The molecular formula is C28H26N6O4S. The molecule has 3 amide bonds. The van der Waals surface area contributed by atoms with Gasteiger partial charge in [-0.3, -0.25) is 29.1 Å². The molecule has 2 atom stereocenters. The fraction of sp³-hybridized carbons (Fsp3) is 0.286. The molecule has 0 radical (unpaired) electrons. The van der Waals surface area contributed by atoms with E-state index in [0.717, 1.165) is 34.2 Å². The number of hydrogen-bond donors (Lipinski definition) is 3. The summed E-state index contributed by atoms with van der Waals surface area (Å²) in [4.78, 5) is 61.5. The molecule has 198 valence electrons. The number of nitrogens with one attached hydrogen (secondary N) is 3. The van der Waals surface area contributed by atoms with E-state index in [4.69, 9.17) is 4.98 Å². The first-order valence-electron chi connectivity index (χ1n) is 12.9. The average Bonchev–Trinajstić information content (AvgIpc) is 3.33. The highest BCUT2D eigenvalue weighted by Gasteiger charge is 2.32. The highest BCUT2D eigenvalue weighted by Crippen LogP contribution is 2.38. The molecular weight excluding hydrogens is 516 g/mol. The lowest BCUT2D eigenvalue weighted by atomic mass is 9.90. The lowest BCUT2D eigenvalue weighted by Crippen LogP contribution is -2.45. The van der Waals surface area contributed by atoms with Crippen LogP contribution in [0.25, 0.3) is 10.9 Å². The first kappa shape index (κ1) is 24.9. The van der Waals surface area contributed by atoms with Crippen LogP contribution in [0.3, 0.4) is 0 Å². The van der Waals surface area contributed by atoms with Gasteiger partial charge in [0.1, 0.15) is 17.4 Å². The first-order valence-corrected chi connectivity index (χ1v) is 13.7. The number of imide groups is 1. The molecule has 2 aromatic carbocycles. The summed E-state index contributed by atoms with van der Waals surface area (Å²) in [5, 5.41) is 9.65. The van der Waals surface area contributed by atoms with Gasteiger partial charge < -0.3 is 10.6 Å². The summed E-state index contributed by atoms with van der Waals surface area (Å²) in [5.74, 6) is -1.15. The van der Waals surface area contributed by atoms with Crippen LogP contribution in [0, 0.1) is 6.92 Å². The summed E-state index contributed by atoms with van der Waals surface area (Å²) in [7, 11) is 0. The van der Waals surface area contributed by atoms with Gasteiger partial charge in [0.15, 0.2) is 5.13 Å². The number of nitrogens with zero attached hydrogens (tertiary/aromatic N) is 3. The van der Waals surface area contributed by atoms with Gasteiger partial charge in [0.05, 0.1) is 22.7 Å². The predicted molar refractivity (Wildman–Crippen MR) is 148 cm³/mol. The van der Waals surface area contributed by atoms with Gasteiger partial charge in [-0.1, -0.05) is 24.3 Å². The van der Waals surface area contributed by atoms with E-state index in [0.29, 0.717) is 23.4 Å². The van der Waals surface area contributed by atoms with Crippen LogP contribution in [0.1, 0.15) is 54.0 Å². The number of carbonyl (C=O) groups is 3. The third kappa shape index (κ3) is 4.69. The molecule has 2 aromatic heterocycles. The van der Waals surface area contributed by atoms with Gasteiger partial charge in [0.2, 0.25) is 17.7 Å². The van der Waals surface area contributed by atoms with Crippen molar-refractivity contribution in [3.8, 4) is 0 Å². The van der Waals surface area contributed by atoms with Crippen molar-refractivity contribution in [3.63, 3.8) is 0 Å². The van der Waals surface area contributed by atoms with Crippen molar-refractivity contribution in [3.05, 3.63) is 75.3 Å². The second-order valence-electron chi connectivity index (χ2n) is 9.76. The van der Waals surface area contributed by atoms with Crippen molar-refractivity contribution in [2.75, 3.05) is 10.6 Å². The van der Waals surface area contributed by atoms with Gasteiger partial charge >= 0.3 is 0 Å².